The van der Waals surface area contributed by atoms with Gasteiger partial charge < -0.3 is 10.0 Å². The van der Waals surface area contributed by atoms with Crippen LogP contribution in [0.15, 0.2) is 24.3 Å². The standard InChI is InChI=1S/C11H16ClNO/c1-13(2)11(7-8-14)9-5-3-4-6-10(9)12/h3-6,11,14H,7-8H2,1-2H3. The highest BCUT2D eigenvalue weighted by atomic mass is 35.5. The van der Waals surface area contributed by atoms with E-state index in [1.54, 1.807) is 0 Å². The zero-order chi connectivity index (χ0) is 10.6. The van der Waals surface area contributed by atoms with Crippen LogP contribution in [-0.2, 0) is 0 Å². The zero-order valence-corrected chi connectivity index (χ0v) is 9.33. The van der Waals surface area contributed by atoms with Gasteiger partial charge in [-0.05, 0) is 32.1 Å². The van der Waals surface area contributed by atoms with Crippen LogP contribution in [-0.4, -0.2) is 30.7 Å². The summed E-state index contributed by atoms with van der Waals surface area (Å²) in [7, 11) is 3.98. The van der Waals surface area contributed by atoms with Crippen LogP contribution in [0.1, 0.15) is 18.0 Å². The molecule has 0 saturated carbocycles. The molecule has 1 rings (SSSR count). The van der Waals surface area contributed by atoms with Crippen LogP contribution >= 0.6 is 11.6 Å². The second kappa shape index (κ2) is 5.35. The maximum Gasteiger partial charge on any atom is 0.0453 e. The van der Waals surface area contributed by atoms with Crippen LogP contribution in [0.5, 0.6) is 0 Å². The summed E-state index contributed by atoms with van der Waals surface area (Å²) in [5, 5.41) is 9.73. The molecule has 78 valence electrons. The number of aliphatic hydroxyl groups excluding tert-OH is 1. The van der Waals surface area contributed by atoms with E-state index in [4.69, 9.17) is 16.7 Å². The average Bonchev–Trinajstić information content (AvgIpc) is 2.15. The molecule has 1 atom stereocenters. The lowest BCUT2D eigenvalue weighted by atomic mass is 10.0. The van der Waals surface area contributed by atoms with Crippen molar-refractivity contribution in [2.24, 2.45) is 0 Å². The summed E-state index contributed by atoms with van der Waals surface area (Å²) in [5.41, 5.74) is 1.08. The summed E-state index contributed by atoms with van der Waals surface area (Å²) < 4.78 is 0. The van der Waals surface area contributed by atoms with Gasteiger partial charge in [0.05, 0.1) is 0 Å². The van der Waals surface area contributed by atoms with Crippen LogP contribution in [0.3, 0.4) is 0 Å². The molecule has 0 aliphatic rings. The van der Waals surface area contributed by atoms with E-state index in [2.05, 4.69) is 4.90 Å². The third-order valence-electron chi connectivity index (χ3n) is 2.29. The molecule has 1 unspecified atom stereocenters. The number of benzene rings is 1. The Labute approximate surface area is 90.1 Å². The molecule has 14 heavy (non-hydrogen) atoms. The molecular weight excluding hydrogens is 198 g/mol. The number of rotatable bonds is 4. The van der Waals surface area contributed by atoms with E-state index in [0.717, 1.165) is 10.6 Å². The van der Waals surface area contributed by atoms with Crippen LogP contribution in [0, 0.1) is 0 Å². The number of hydrogen-bond donors (Lipinski definition) is 1. The van der Waals surface area contributed by atoms with Gasteiger partial charge in [-0.15, -0.1) is 0 Å². The van der Waals surface area contributed by atoms with E-state index >= 15 is 0 Å². The average molecular weight is 214 g/mol. The fourth-order valence-electron chi connectivity index (χ4n) is 1.56. The number of hydrogen-bond acceptors (Lipinski definition) is 2. The van der Waals surface area contributed by atoms with Crippen molar-refractivity contribution >= 4 is 11.6 Å². The van der Waals surface area contributed by atoms with Gasteiger partial charge in [-0.2, -0.15) is 0 Å². The minimum atomic E-state index is 0.175. The number of aliphatic hydroxyl groups is 1. The molecular formula is C11H16ClNO. The molecule has 0 heterocycles. The molecule has 0 amide bonds. The van der Waals surface area contributed by atoms with Gasteiger partial charge in [0.2, 0.25) is 0 Å². The van der Waals surface area contributed by atoms with Gasteiger partial charge in [0, 0.05) is 17.7 Å². The van der Waals surface area contributed by atoms with Crippen LogP contribution < -0.4 is 0 Å². The molecule has 2 nitrogen and oxygen atoms in total. The fraction of sp³-hybridized carbons (Fsp3) is 0.455. The van der Waals surface area contributed by atoms with Crippen LogP contribution in [0.4, 0.5) is 0 Å². The third kappa shape index (κ3) is 2.71. The predicted octanol–water partition coefficient (Wildman–Crippen LogP) is 2.33. The SMILES string of the molecule is CN(C)C(CCO)c1ccccc1Cl. The lowest BCUT2D eigenvalue weighted by Gasteiger charge is -2.24. The Bertz CT molecular complexity index is 288. The molecule has 0 fully saturated rings. The first kappa shape index (κ1) is 11.5. The monoisotopic (exact) mass is 213 g/mol. The highest BCUT2D eigenvalue weighted by Crippen LogP contribution is 2.27. The van der Waals surface area contributed by atoms with Gasteiger partial charge in [0.1, 0.15) is 0 Å². The van der Waals surface area contributed by atoms with E-state index < -0.39 is 0 Å². The second-order valence-corrected chi connectivity index (χ2v) is 3.92. The molecule has 1 aromatic rings. The maximum absolute atomic E-state index is 8.97. The van der Waals surface area contributed by atoms with Gasteiger partial charge in [0.15, 0.2) is 0 Å². The summed E-state index contributed by atoms with van der Waals surface area (Å²) in [6.07, 6.45) is 0.705. The Morgan fingerprint density at radius 1 is 1.36 bits per heavy atom. The molecule has 0 aliphatic heterocycles. The van der Waals surface area contributed by atoms with Gasteiger partial charge in [-0.25, -0.2) is 0 Å². The second-order valence-electron chi connectivity index (χ2n) is 3.51. The third-order valence-corrected chi connectivity index (χ3v) is 2.63. The van der Waals surface area contributed by atoms with Crippen molar-refractivity contribution in [3.05, 3.63) is 34.9 Å². The van der Waals surface area contributed by atoms with E-state index in [9.17, 15) is 0 Å². The Morgan fingerprint density at radius 3 is 2.50 bits per heavy atom. The van der Waals surface area contributed by atoms with E-state index in [1.807, 2.05) is 38.4 Å². The topological polar surface area (TPSA) is 23.5 Å². The summed E-state index contributed by atoms with van der Waals surface area (Å²) in [5.74, 6) is 0. The quantitative estimate of drug-likeness (QED) is 0.830. The molecule has 0 radical (unpaired) electrons. The van der Waals surface area contributed by atoms with Crippen molar-refractivity contribution in [1.29, 1.82) is 0 Å². The Hall–Kier alpha value is -0.570. The molecule has 0 aromatic heterocycles. The van der Waals surface area contributed by atoms with Crippen molar-refractivity contribution in [1.82, 2.24) is 4.90 Å². The molecule has 0 spiro atoms. The predicted molar refractivity (Wildman–Crippen MR) is 59.6 cm³/mol. The zero-order valence-electron chi connectivity index (χ0n) is 8.57. The van der Waals surface area contributed by atoms with Gasteiger partial charge in [-0.1, -0.05) is 29.8 Å². The van der Waals surface area contributed by atoms with Crippen molar-refractivity contribution in [2.75, 3.05) is 20.7 Å². The van der Waals surface area contributed by atoms with E-state index in [-0.39, 0.29) is 12.6 Å². The normalized spacial score (nSPS) is 13.2. The Morgan fingerprint density at radius 2 is 2.00 bits per heavy atom. The smallest absolute Gasteiger partial charge is 0.0453 e. The lowest BCUT2D eigenvalue weighted by Crippen LogP contribution is -2.21. The minimum Gasteiger partial charge on any atom is -0.396 e. The highest BCUT2D eigenvalue weighted by Gasteiger charge is 2.15. The van der Waals surface area contributed by atoms with Crippen LogP contribution in [0.2, 0.25) is 5.02 Å². The van der Waals surface area contributed by atoms with Crippen molar-refractivity contribution in [2.45, 2.75) is 12.5 Å². The van der Waals surface area contributed by atoms with Gasteiger partial charge in [0.25, 0.3) is 0 Å². The summed E-state index contributed by atoms with van der Waals surface area (Å²) in [6, 6.07) is 7.95. The molecule has 3 heteroatoms. The Kier molecular flexibility index (Phi) is 4.39. The van der Waals surface area contributed by atoms with Crippen molar-refractivity contribution < 1.29 is 5.11 Å². The van der Waals surface area contributed by atoms with E-state index in [0.29, 0.717) is 6.42 Å². The molecule has 0 bridgehead atoms. The van der Waals surface area contributed by atoms with Crippen LogP contribution in [0.25, 0.3) is 0 Å². The largest absolute Gasteiger partial charge is 0.396 e. The summed E-state index contributed by atoms with van der Waals surface area (Å²) in [4.78, 5) is 2.07. The highest BCUT2D eigenvalue weighted by molar-refractivity contribution is 6.31. The first-order valence-electron chi connectivity index (χ1n) is 4.68. The Balaban J connectivity index is 2.93. The van der Waals surface area contributed by atoms with Crippen molar-refractivity contribution in [3.8, 4) is 0 Å². The number of nitrogens with zero attached hydrogens (tertiary/aromatic N) is 1. The first-order chi connectivity index (χ1) is 6.66. The molecule has 1 N–H and O–H groups in total. The summed E-state index contributed by atoms with van der Waals surface area (Å²) >= 11 is 6.09. The summed E-state index contributed by atoms with van der Waals surface area (Å²) in [6.45, 7) is 0.175. The molecule has 1 aromatic carbocycles. The van der Waals surface area contributed by atoms with Crippen molar-refractivity contribution in [3.63, 3.8) is 0 Å². The number of halogens is 1. The molecule has 0 aliphatic carbocycles. The van der Waals surface area contributed by atoms with E-state index in [1.165, 1.54) is 0 Å². The fourth-order valence-corrected chi connectivity index (χ4v) is 1.82. The lowest BCUT2D eigenvalue weighted by molar-refractivity contribution is 0.211. The molecule has 0 saturated heterocycles. The maximum atomic E-state index is 8.97. The van der Waals surface area contributed by atoms with Gasteiger partial charge in [-0.3, -0.25) is 0 Å². The minimum absolute atomic E-state index is 0.175. The first-order valence-corrected chi connectivity index (χ1v) is 5.06. The van der Waals surface area contributed by atoms with Gasteiger partial charge >= 0.3 is 0 Å².